The first kappa shape index (κ1) is 15.3. The number of rotatable bonds is 7. The van der Waals surface area contributed by atoms with E-state index in [1.165, 1.54) is 0 Å². The number of carbonyl (C=O) groups excluding carboxylic acids is 1. The van der Waals surface area contributed by atoms with Gasteiger partial charge in [-0.1, -0.05) is 13.3 Å². The molecule has 0 aliphatic heterocycles. The maximum atomic E-state index is 11.6. The molecule has 1 aliphatic carbocycles. The fourth-order valence-corrected chi connectivity index (χ4v) is 2.64. The summed E-state index contributed by atoms with van der Waals surface area (Å²) in [6.45, 7) is 2.41. The second-order valence-corrected chi connectivity index (χ2v) is 5.46. The molecule has 6 nitrogen and oxygen atoms in total. The number of carboxylic acid groups (broad SMARTS) is 1. The maximum Gasteiger partial charge on any atom is 0.303 e. The topological polar surface area (TPSA) is 105 Å². The van der Waals surface area contributed by atoms with Crippen molar-refractivity contribution in [2.45, 2.75) is 39.0 Å². The number of nitrogens with zero attached hydrogens (tertiary/aromatic N) is 1. The van der Waals surface area contributed by atoms with Gasteiger partial charge in [0.25, 0.3) is 5.91 Å². The molecule has 1 amide bonds. The smallest absolute Gasteiger partial charge is 0.303 e. The van der Waals surface area contributed by atoms with Crippen LogP contribution in [0.25, 0.3) is 0 Å². The summed E-state index contributed by atoms with van der Waals surface area (Å²) in [7, 11) is 0. The lowest BCUT2D eigenvalue weighted by Gasteiger charge is -2.16. The Bertz CT molecular complexity index is 557. The van der Waals surface area contributed by atoms with Crippen LogP contribution >= 0.6 is 0 Å². The Morgan fingerprint density at radius 3 is 2.86 bits per heavy atom. The minimum atomic E-state index is -0.819. The summed E-state index contributed by atoms with van der Waals surface area (Å²) in [5, 5.41) is 12.0. The van der Waals surface area contributed by atoms with Gasteiger partial charge in [-0.15, -0.1) is 0 Å². The third-order valence-corrected chi connectivity index (χ3v) is 3.92. The molecule has 1 aliphatic rings. The first-order valence-electron chi connectivity index (χ1n) is 7.29. The highest BCUT2D eigenvalue weighted by Gasteiger charge is 2.20. The van der Waals surface area contributed by atoms with Crippen molar-refractivity contribution in [3.05, 3.63) is 22.9 Å². The molecule has 0 bridgehead atoms. The van der Waals surface area contributed by atoms with Crippen molar-refractivity contribution in [3.8, 4) is 0 Å². The van der Waals surface area contributed by atoms with Gasteiger partial charge in [-0.3, -0.25) is 9.59 Å². The predicted octanol–water partition coefficient (Wildman–Crippen LogP) is 1.58. The van der Waals surface area contributed by atoms with Crippen LogP contribution in [0.3, 0.4) is 0 Å². The fourth-order valence-electron chi connectivity index (χ4n) is 2.64. The Balaban J connectivity index is 2.15. The molecule has 114 valence electrons. The summed E-state index contributed by atoms with van der Waals surface area (Å²) in [6.07, 6.45) is 3.73. The van der Waals surface area contributed by atoms with Gasteiger partial charge in [0.1, 0.15) is 5.82 Å². The van der Waals surface area contributed by atoms with Gasteiger partial charge in [0.15, 0.2) is 0 Å². The second kappa shape index (κ2) is 6.56. The van der Waals surface area contributed by atoms with Crippen LogP contribution in [0, 0.1) is 5.92 Å². The number of nitrogens with two attached hydrogens (primary N) is 1. The maximum absolute atomic E-state index is 11.6. The SMILES string of the molecule is CCC(CNc1nc2c(cc1C(N)=O)CCC2)CC(=O)O. The predicted molar refractivity (Wildman–Crippen MR) is 79.3 cm³/mol. The summed E-state index contributed by atoms with van der Waals surface area (Å²) >= 11 is 0. The lowest BCUT2D eigenvalue weighted by atomic mass is 10.0. The van der Waals surface area contributed by atoms with Crippen LogP contribution in [0.2, 0.25) is 0 Å². The third kappa shape index (κ3) is 3.71. The molecule has 1 aromatic rings. The van der Waals surface area contributed by atoms with Crippen LogP contribution in [0.15, 0.2) is 6.07 Å². The molecule has 0 saturated heterocycles. The number of nitrogens with one attached hydrogen (secondary N) is 1. The third-order valence-electron chi connectivity index (χ3n) is 3.92. The Labute approximate surface area is 123 Å². The minimum absolute atomic E-state index is 0.00159. The largest absolute Gasteiger partial charge is 0.481 e. The second-order valence-electron chi connectivity index (χ2n) is 5.46. The Morgan fingerprint density at radius 1 is 1.48 bits per heavy atom. The zero-order valence-electron chi connectivity index (χ0n) is 12.2. The molecule has 0 aromatic carbocycles. The molecule has 0 saturated carbocycles. The number of primary amides is 1. The summed E-state index contributed by atoms with van der Waals surface area (Å²) < 4.78 is 0. The number of aliphatic carboxylic acids is 1. The van der Waals surface area contributed by atoms with Crippen LogP contribution in [0.4, 0.5) is 5.82 Å². The van der Waals surface area contributed by atoms with Crippen molar-refractivity contribution in [1.82, 2.24) is 4.98 Å². The number of anilines is 1. The van der Waals surface area contributed by atoms with E-state index in [-0.39, 0.29) is 12.3 Å². The van der Waals surface area contributed by atoms with Crippen LogP contribution in [0.5, 0.6) is 0 Å². The van der Waals surface area contributed by atoms with Crippen LogP contribution in [-0.4, -0.2) is 28.5 Å². The number of aryl methyl sites for hydroxylation is 2. The molecule has 1 atom stereocenters. The number of pyridine rings is 1. The highest BCUT2D eigenvalue weighted by Crippen LogP contribution is 2.25. The number of carbonyl (C=O) groups is 2. The summed E-state index contributed by atoms with van der Waals surface area (Å²) in [5.41, 5.74) is 7.90. The summed E-state index contributed by atoms with van der Waals surface area (Å²) in [6, 6.07) is 1.82. The van der Waals surface area contributed by atoms with E-state index < -0.39 is 11.9 Å². The average molecular weight is 291 g/mol. The quantitative estimate of drug-likeness (QED) is 0.707. The van der Waals surface area contributed by atoms with Crippen molar-refractivity contribution >= 4 is 17.7 Å². The van der Waals surface area contributed by atoms with Gasteiger partial charge < -0.3 is 16.2 Å². The molecular weight excluding hydrogens is 270 g/mol. The van der Waals surface area contributed by atoms with Crippen LogP contribution < -0.4 is 11.1 Å². The summed E-state index contributed by atoms with van der Waals surface area (Å²) in [4.78, 5) is 26.9. The van der Waals surface area contributed by atoms with E-state index in [1.54, 1.807) is 0 Å². The number of aromatic nitrogens is 1. The number of amides is 1. The zero-order valence-corrected chi connectivity index (χ0v) is 12.2. The summed E-state index contributed by atoms with van der Waals surface area (Å²) in [5.74, 6) is -0.850. The van der Waals surface area contributed by atoms with E-state index in [4.69, 9.17) is 10.8 Å². The number of hydrogen-bond acceptors (Lipinski definition) is 4. The molecule has 6 heteroatoms. The van der Waals surface area contributed by atoms with Crippen molar-refractivity contribution in [2.24, 2.45) is 11.7 Å². The highest BCUT2D eigenvalue weighted by molar-refractivity contribution is 5.97. The van der Waals surface area contributed by atoms with Crippen molar-refractivity contribution in [2.75, 3.05) is 11.9 Å². The van der Waals surface area contributed by atoms with Gasteiger partial charge >= 0.3 is 5.97 Å². The van der Waals surface area contributed by atoms with E-state index in [2.05, 4.69) is 10.3 Å². The van der Waals surface area contributed by atoms with E-state index in [0.29, 0.717) is 17.9 Å². The van der Waals surface area contributed by atoms with Gasteiger partial charge in [-0.05, 0) is 36.8 Å². The minimum Gasteiger partial charge on any atom is -0.481 e. The average Bonchev–Trinajstić information content (AvgIpc) is 2.88. The van der Waals surface area contributed by atoms with Crippen molar-refractivity contribution in [3.63, 3.8) is 0 Å². The molecule has 4 N–H and O–H groups in total. The molecule has 2 rings (SSSR count). The monoisotopic (exact) mass is 291 g/mol. The number of fused-ring (bicyclic) bond motifs is 1. The van der Waals surface area contributed by atoms with Crippen LogP contribution in [-0.2, 0) is 17.6 Å². The standard InChI is InChI=1S/C15H21N3O3/c1-2-9(6-13(19)20)8-17-15-11(14(16)21)7-10-4-3-5-12(10)18-15/h7,9H,2-6,8H2,1H3,(H2,16,21)(H,17,18)(H,19,20). The Hall–Kier alpha value is -2.11. The van der Waals surface area contributed by atoms with E-state index in [1.807, 2.05) is 13.0 Å². The molecule has 0 radical (unpaired) electrons. The molecule has 21 heavy (non-hydrogen) atoms. The van der Waals surface area contributed by atoms with Gasteiger partial charge in [-0.2, -0.15) is 0 Å². The van der Waals surface area contributed by atoms with E-state index >= 15 is 0 Å². The fraction of sp³-hybridized carbons (Fsp3) is 0.533. The molecule has 1 heterocycles. The van der Waals surface area contributed by atoms with Crippen molar-refractivity contribution in [1.29, 1.82) is 0 Å². The molecule has 0 fully saturated rings. The van der Waals surface area contributed by atoms with E-state index in [0.717, 1.165) is 36.9 Å². The highest BCUT2D eigenvalue weighted by atomic mass is 16.4. The Kier molecular flexibility index (Phi) is 4.77. The van der Waals surface area contributed by atoms with Gasteiger partial charge in [-0.25, -0.2) is 4.98 Å². The Morgan fingerprint density at radius 2 is 2.24 bits per heavy atom. The normalized spacial score (nSPS) is 14.5. The van der Waals surface area contributed by atoms with Gasteiger partial charge in [0.2, 0.25) is 0 Å². The first-order valence-corrected chi connectivity index (χ1v) is 7.29. The van der Waals surface area contributed by atoms with Crippen molar-refractivity contribution < 1.29 is 14.7 Å². The van der Waals surface area contributed by atoms with Gasteiger partial charge in [0, 0.05) is 18.7 Å². The lowest BCUT2D eigenvalue weighted by molar-refractivity contribution is -0.138. The van der Waals surface area contributed by atoms with Crippen LogP contribution in [0.1, 0.15) is 47.8 Å². The zero-order chi connectivity index (χ0) is 15.4. The molecular formula is C15H21N3O3. The first-order chi connectivity index (χ1) is 10.0. The van der Waals surface area contributed by atoms with E-state index in [9.17, 15) is 9.59 Å². The molecule has 0 spiro atoms. The van der Waals surface area contributed by atoms with Gasteiger partial charge in [0.05, 0.1) is 5.56 Å². The molecule has 1 aromatic heterocycles. The number of carboxylic acids is 1. The number of hydrogen-bond donors (Lipinski definition) is 3. The lowest BCUT2D eigenvalue weighted by Crippen LogP contribution is -2.21. The molecule has 1 unspecified atom stereocenters.